The van der Waals surface area contributed by atoms with Crippen LogP contribution in [0.3, 0.4) is 0 Å². The van der Waals surface area contributed by atoms with E-state index in [1.807, 2.05) is 19.1 Å². The van der Waals surface area contributed by atoms with E-state index in [4.69, 9.17) is 11.6 Å². The van der Waals surface area contributed by atoms with Crippen LogP contribution in [0.1, 0.15) is 45.2 Å². The highest BCUT2D eigenvalue weighted by molar-refractivity contribution is 6.35. The van der Waals surface area contributed by atoms with Gasteiger partial charge in [0.1, 0.15) is 0 Å². The van der Waals surface area contributed by atoms with E-state index in [1.165, 1.54) is 22.8 Å². The average Bonchev–Trinajstić information content (AvgIpc) is 2.77. The number of benzene rings is 2. The molecule has 3 aromatic rings. The molecule has 0 saturated carbocycles. The van der Waals surface area contributed by atoms with Crippen LogP contribution in [0.25, 0.3) is 22.0 Å². The van der Waals surface area contributed by atoms with Crippen LogP contribution in [0.2, 0.25) is 5.02 Å². The fraction of sp³-hybridized carbons (Fsp3) is 0.222. The van der Waals surface area contributed by atoms with Crippen LogP contribution in [0, 0.1) is 0 Å². The van der Waals surface area contributed by atoms with E-state index < -0.39 is 0 Å². The van der Waals surface area contributed by atoms with Crippen molar-refractivity contribution >= 4 is 33.7 Å². The van der Waals surface area contributed by atoms with Crippen LogP contribution in [-0.4, -0.2) is 4.57 Å². The largest absolute Gasteiger partial charge is 0.308 e. The van der Waals surface area contributed by atoms with E-state index in [1.54, 1.807) is 4.57 Å². The zero-order chi connectivity index (χ0) is 21.7. The maximum absolute atomic E-state index is 12.3. The second kappa shape index (κ2) is 9.77. The van der Waals surface area contributed by atoms with Gasteiger partial charge in [-0.25, -0.2) is 0 Å². The minimum atomic E-state index is -0.0703. The Morgan fingerprint density at radius 1 is 1.00 bits per heavy atom. The molecule has 0 unspecified atom stereocenters. The number of pyridine rings is 1. The number of halogens is 1. The first kappa shape index (κ1) is 21.9. The Bertz CT molecular complexity index is 1200. The number of allylic oxidation sites excluding steroid dienone is 6. The molecule has 0 N–H and O–H groups in total. The first-order chi connectivity index (χ1) is 14.5. The fourth-order valence-corrected chi connectivity index (χ4v) is 3.79. The summed E-state index contributed by atoms with van der Waals surface area (Å²) in [5, 5.41) is 1.38. The minimum absolute atomic E-state index is 0.0703. The van der Waals surface area contributed by atoms with Gasteiger partial charge in [0.2, 0.25) is 0 Å². The topological polar surface area (TPSA) is 22.0 Å². The molecule has 0 amide bonds. The van der Waals surface area contributed by atoms with Gasteiger partial charge < -0.3 is 4.57 Å². The molecule has 1 heterocycles. The summed E-state index contributed by atoms with van der Waals surface area (Å²) in [6, 6.07) is 18.1. The molecule has 0 aliphatic carbocycles. The van der Waals surface area contributed by atoms with E-state index >= 15 is 0 Å². The number of rotatable bonds is 6. The summed E-state index contributed by atoms with van der Waals surface area (Å²) in [6.07, 6.45) is 7.45. The lowest BCUT2D eigenvalue weighted by Crippen LogP contribution is -2.18. The van der Waals surface area contributed by atoms with E-state index in [-0.39, 0.29) is 5.56 Å². The molecule has 0 radical (unpaired) electrons. The van der Waals surface area contributed by atoms with Crippen LogP contribution in [0.4, 0.5) is 0 Å². The molecule has 2 aromatic carbocycles. The van der Waals surface area contributed by atoms with Crippen molar-refractivity contribution in [2.24, 2.45) is 0 Å². The second-order valence-electron chi connectivity index (χ2n) is 7.44. The predicted molar refractivity (Wildman–Crippen MR) is 131 cm³/mol. The van der Waals surface area contributed by atoms with Gasteiger partial charge in [-0.1, -0.05) is 78.7 Å². The first-order valence-electron chi connectivity index (χ1n) is 10.4. The summed E-state index contributed by atoms with van der Waals surface area (Å²) in [6.45, 7) is 9.02. The normalized spacial score (nSPS) is 13.2. The van der Waals surface area contributed by atoms with Gasteiger partial charge in [-0.2, -0.15) is 0 Å². The lowest BCUT2D eigenvalue weighted by Gasteiger charge is -2.14. The number of nitrogens with zero attached hydrogens (tertiary/aromatic N) is 1. The smallest absolute Gasteiger partial charge is 0.252 e. The summed E-state index contributed by atoms with van der Waals surface area (Å²) in [7, 11) is 0. The van der Waals surface area contributed by atoms with Gasteiger partial charge in [0.15, 0.2) is 0 Å². The quantitative estimate of drug-likeness (QED) is 0.300. The lowest BCUT2D eigenvalue weighted by atomic mass is 9.94. The Kier molecular flexibility index (Phi) is 7.12. The Morgan fingerprint density at radius 3 is 2.40 bits per heavy atom. The number of hydrogen-bond acceptors (Lipinski definition) is 1. The SMILES string of the molecule is CCC(C)=C/C=C\C(=C(/C)c1ccccc1)c1ccc2c(c1)c(Cl)cc(=O)n2CC. The molecule has 0 aliphatic heterocycles. The fourth-order valence-electron chi connectivity index (χ4n) is 3.55. The van der Waals surface area contributed by atoms with Crippen molar-refractivity contribution in [2.75, 3.05) is 0 Å². The maximum atomic E-state index is 12.3. The van der Waals surface area contributed by atoms with Gasteiger partial charge in [-0.05, 0) is 61.6 Å². The number of fused-ring (bicyclic) bond motifs is 1. The van der Waals surface area contributed by atoms with Crippen LogP contribution < -0.4 is 5.56 Å². The molecule has 0 saturated heterocycles. The summed E-state index contributed by atoms with van der Waals surface area (Å²) < 4.78 is 1.75. The van der Waals surface area contributed by atoms with E-state index in [9.17, 15) is 4.79 Å². The summed E-state index contributed by atoms with van der Waals surface area (Å²) in [4.78, 5) is 12.3. The van der Waals surface area contributed by atoms with Crippen molar-refractivity contribution in [1.82, 2.24) is 4.57 Å². The van der Waals surface area contributed by atoms with Gasteiger partial charge in [-0.15, -0.1) is 0 Å². The van der Waals surface area contributed by atoms with Crippen LogP contribution in [-0.2, 0) is 6.54 Å². The molecule has 30 heavy (non-hydrogen) atoms. The third kappa shape index (κ3) is 4.66. The van der Waals surface area contributed by atoms with E-state index in [2.05, 4.69) is 75.4 Å². The predicted octanol–water partition coefficient (Wildman–Crippen LogP) is 7.52. The summed E-state index contributed by atoms with van der Waals surface area (Å²) >= 11 is 6.47. The highest BCUT2D eigenvalue weighted by atomic mass is 35.5. The standard InChI is InChI=1S/C27H28ClNO/c1-5-19(3)11-10-14-23(20(4)21-12-8-7-9-13-21)22-15-16-26-24(17-22)25(28)18-27(30)29(26)6-2/h7-18H,5-6H2,1-4H3/b14-10-,19-11?,23-20-. The zero-order valence-corrected chi connectivity index (χ0v) is 18.8. The molecule has 0 aliphatic rings. The van der Waals surface area contributed by atoms with Gasteiger partial charge in [0.25, 0.3) is 5.56 Å². The van der Waals surface area contributed by atoms with Crippen molar-refractivity contribution < 1.29 is 0 Å². The van der Waals surface area contributed by atoms with Crippen LogP contribution >= 0.6 is 11.6 Å². The van der Waals surface area contributed by atoms with Crippen molar-refractivity contribution in [1.29, 1.82) is 0 Å². The highest BCUT2D eigenvalue weighted by Gasteiger charge is 2.11. The highest BCUT2D eigenvalue weighted by Crippen LogP contribution is 2.31. The molecule has 0 spiro atoms. The molecular weight excluding hydrogens is 390 g/mol. The Morgan fingerprint density at radius 2 is 1.73 bits per heavy atom. The Balaban J connectivity index is 2.23. The van der Waals surface area contributed by atoms with Gasteiger partial charge in [-0.3, -0.25) is 4.79 Å². The third-order valence-electron chi connectivity index (χ3n) is 5.50. The first-order valence-corrected chi connectivity index (χ1v) is 10.8. The summed E-state index contributed by atoms with van der Waals surface area (Å²) in [5.41, 5.74) is 6.70. The molecule has 3 rings (SSSR count). The van der Waals surface area contributed by atoms with Crippen molar-refractivity contribution in [3.63, 3.8) is 0 Å². The molecule has 0 fully saturated rings. The van der Waals surface area contributed by atoms with Crippen molar-refractivity contribution in [3.05, 3.63) is 105 Å². The average molecular weight is 418 g/mol. The maximum Gasteiger partial charge on any atom is 0.252 e. The van der Waals surface area contributed by atoms with E-state index in [0.29, 0.717) is 11.6 Å². The molecule has 1 aromatic heterocycles. The zero-order valence-electron chi connectivity index (χ0n) is 18.1. The van der Waals surface area contributed by atoms with E-state index in [0.717, 1.165) is 28.5 Å². The van der Waals surface area contributed by atoms with Gasteiger partial charge in [0, 0.05) is 18.0 Å². The minimum Gasteiger partial charge on any atom is -0.308 e. The molecule has 0 atom stereocenters. The van der Waals surface area contributed by atoms with Crippen LogP contribution in [0.15, 0.2) is 83.2 Å². The second-order valence-corrected chi connectivity index (χ2v) is 7.84. The summed E-state index contributed by atoms with van der Waals surface area (Å²) in [5.74, 6) is 0. The number of aromatic nitrogens is 1. The monoisotopic (exact) mass is 417 g/mol. The van der Waals surface area contributed by atoms with Gasteiger partial charge in [0.05, 0.1) is 10.5 Å². The lowest BCUT2D eigenvalue weighted by molar-refractivity contribution is 0.760. The molecular formula is C27H28ClNO. The molecule has 154 valence electrons. The Hall–Kier alpha value is -2.84. The molecule has 3 heteroatoms. The number of hydrogen-bond donors (Lipinski definition) is 0. The van der Waals surface area contributed by atoms with Crippen molar-refractivity contribution in [3.8, 4) is 0 Å². The van der Waals surface area contributed by atoms with Gasteiger partial charge >= 0.3 is 0 Å². The Labute approximate surface area is 183 Å². The van der Waals surface area contributed by atoms with Crippen LogP contribution in [0.5, 0.6) is 0 Å². The van der Waals surface area contributed by atoms with Crippen molar-refractivity contribution in [2.45, 2.75) is 40.7 Å². The molecule has 2 nitrogen and oxygen atoms in total. The molecule has 0 bridgehead atoms. The third-order valence-corrected chi connectivity index (χ3v) is 5.81. The number of aryl methyl sites for hydroxylation is 1.